The molecule has 0 aliphatic carbocycles. The van der Waals surface area contributed by atoms with Crippen molar-refractivity contribution < 1.29 is 14.3 Å². The number of anilines is 1. The predicted octanol–water partition coefficient (Wildman–Crippen LogP) is 2.84. The fraction of sp³-hybridized carbons (Fsp3) is 0.200. The number of benzene rings is 2. The van der Waals surface area contributed by atoms with E-state index >= 15 is 0 Å². The number of aromatic nitrogens is 2. The number of para-hydroxylation sites is 2. The van der Waals surface area contributed by atoms with Crippen LogP contribution in [0.1, 0.15) is 17.3 Å². The van der Waals surface area contributed by atoms with Gasteiger partial charge in [-0.15, -0.1) is 0 Å². The third-order valence-electron chi connectivity index (χ3n) is 4.18. The molecule has 0 saturated carbocycles. The molecule has 0 aliphatic heterocycles. The fourth-order valence-corrected chi connectivity index (χ4v) is 3.50. The Balaban J connectivity index is 1.83. The van der Waals surface area contributed by atoms with E-state index in [2.05, 4.69) is 10.3 Å². The molecule has 3 aromatic rings. The van der Waals surface area contributed by atoms with Crippen molar-refractivity contribution in [3.05, 3.63) is 64.4 Å². The molecule has 0 bridgehead atoms. The van der Waals surface area contributed by atoms with Gasteiger partial charge >= 0.3 is 5.97 Å². The van der Waals surface area contributed by atoms with Gasteiger partial charge in [-0.1, -0.05) is 36.0 Å². The second-order valence-corrected chi connectivity index (χ2v) is 7.37. The molecule has 0 radical (unpaired) electrons. The highest BCUT2D eigenvalue weighted by molar-refractivity contribution is 8.00. The molecule has 1 heterocycles. The van der Waals surface area contributed by atoms with E-state index in [0.29, 0.717) is 21.7 Å². The lowest BCUT2D eigenvalue weighted by molar-refractivity contribution is -0.115. The van der Waals surface area contributed by atoms with Gasteiger partial charge in [0.05, 0.1) is 34.5 Å². The first-order chi connectivity index (χ1) is 13.4. The van der Waals surface area contributed by atoms with Crippen molar-refractivity contribution >= 4 is 40.2 Å². The number of ether oxygens (including phenoxy) is 1. The van der Waals surface area contributed by atoms with E-state index in [1.165, 1.54) is 23.4 Å². The molecule has 1 unspecified atom stereocenters. The third-order valence-corrected chi connectivity index (χ3v) is 5.33. The molecule has 0 fully saturated rings. The Morgan fingerprint density at radius 3 is 2.57 bits per heavy atom. The number of rotatable bonds is 5. The molecule has 1 amide bonds. The van der Waals surface area contributed by atoms with Crippen LogP contribution in [0.2, 0.25) is 0 Å². The summed E-state index contributed by atoms with van der Waals surface area (Å²) in [5.74, 6) is -0.849. The first-order valence-electron chi connectivity index (χ1n) is 8.53. The Bertz CT molecular complexity index is 1110. The quantitative estimate of drug-likeness (QED) is 0.404. The van der Waals surface area contributed by atoms with Gasteiger partial charge in [-0.25, -0.2) is 9.78 Å². The minimum Gasteiger partial charge on any atom is -0.465 e. The first kappa shape index (κ1) is 19.6. The lowest BCUT2D eigenvalue weighted by Gasteiger charge is -2.15. The Kier molecular flexibility index (Phi) is 5.79. The lowest BCUT2D eigenvalue weighted by Crippen LogP contribution is -2.26. The molecule has 8 heteroatoms. The van der Waals surface area contributed by atoms with Gasteiger partial charge in [0.15, 0.2) is 5.16 Å². The topological polar surface area (TPSA) is 90.3 Å². The maximum absolute atomic E-state index is 12.6. The maximum atomic E-state index is 12.6. The minimum atomic E-state index is -0.551. The largest absolute Gasteiger partial charge is 0.465 e. The first-order valence-corrected chi connectivity index (χ1v) is 9.41. The number of hydrogen-bond acceptors (Lipinski definition) is 6. The Hall–Kier alpha value is -3.13. The second-order valence-electron chi connectivity index (χ2n) is 6.06. The highest BCUT2D eigenvalue weighted by Gasteiger charge is 2.20. The minimum absolute atomic E-state index is 0.170. The highest BCUT2D eigenvalue weighted by Crippen LogP contribution is 2.24. The van der Waals surface area contributed by atoms with E-state index in [1.807, 2.05) is 6.07 Å². The number of methoxy groups -OCH3 is 1. The zero-order valence-electron chi connectivity index (χ0n) is 15.6. The van der Waals surface area contributed by atoms with Crippen molar-refractivity contribution in [3.63, 3.8) is 0 Å². The van der Waals surface area contributed by atoms with Crippen LogP contribution >= 0.6 is 11.8 Å². The van der Waals surface area contributed by atoms with Gasteiger partial charge < -0.3 is 10.1 Å². The summed E-state index contributed by atoms with van der Waals surface area (Å²) in [6, 6.07) is 13.7. The van der Waals surface area contributed by atoms with Gasteiger partial charge in [0, 0.05) is 7.05 Å². The second kappa shape index (κ2) is 8.26. The summed E-state index contributed by atoms with van der Waals surface area (Å²) in [6.07, 6.45) is 0. The Morgan fingerprint density at radius 2 is 1.82 bits per heavy atom. The van der Waals surface area contributed by atoms with Crippen molar-refractivity contribution in [2.45, 2.75) is 17.3 Å². The van der Waals surface area contributed by atoms with Gasteiger partial charge in [0.1, 0.15) is 0 Å². The van der Waals surface area contributed by atoms with Crippen molar-refractivity contribution in [2.24, 2.45) is 7.05 Å². The average Bonchev–Trinajstić information content (AvgIpc) is 2.71. The Labute approximate surface area is 165 Å². The number of hydrogen-bond donors (Lipinski definition) is 1. The number of amides is 1. The van der Waals surface area contributed by atoms with Gasteiger partial charge in [-0.2, -0.15) is 0 Å². The van der Waals surface area contributed by atoms with Crippen LogP contribution in [0.4, 0.5) is 5.69 Å². The molecule has 28 heavy (non-hydrogen) atoms. The molecule has 0 aliphatic rings. The SMILES string of the molecule is COC(=O)c1ccccc1NC(=O)C(C)Sc1nc2ccccc2c(=O)n1C. The molecule has 1 N–H and O–H groups in total. The van der Waals surface area contributed by atoms with Crippen LogP contribution in [0.3, 0.4) is 0 Å². The van der Waals surface area contributed by atoms with E-state index in [9.17, 15) is 14.4 Å². The van der Waals surface area contributed by atoms with Crippen LogP contribution in [0.15, 0.2) is 58.5 Å². The number of thioether (sulfide) groups is 1. The van der Waals surface area contributed by atoms with E-state index in [4.69, 9.17) is 4.74 Å². The van der Waals surface area contributed by atoms with Gasteiger partial charge in [-0.3, -0.25) is 14.2 Å². The van der Waals surface area contributed by atoms with Crippen molar-refractivity contribution in [2.75, 3.05) is 12.4 Å². The fourth-order valence-electron chi connectivity index (χ4n) is 2.63. The molecule has 2 aromatic carbocycles. The number of nitrogens with one attached hydrogen (secondary N) is 1. The smallest absolute Gasteiger partial charge is 0.339 e. The lowest BCUT2D eigenvalue weighted by atomic mass is 10.2. The van der Waals surface area contributed by atoms with Gasteiger partial charge in [-0.05, 0) is 31.2 Å². The summed E-state index contributed by atoms with van der Waals surface area (Å²) in [4.78, 5) is 41.5. The molecular formula is C20H19N3O4S. The summed E-state index contributed by atoms with van der Waals surface area (Å²) in [5, 5.41) is 3.15. The van der Waals surface area contributed by atoms with Crippen molar-refractivity contribution in [1.82, 2.24) is 9.55 Å². The van der Waals surface area contributed by atoms with E-state index in [-0.39, 0.29) is 17.0 Å². The number of carbonyl (C=O) groups excluding carboxylic acids is 2. The molecular weight excluding hydrogens is 378 g/mol. The number of nitrogens with zero attached hydrogens (tertiary/aromatic N) is 2. The van der Waals surface area contributed by atoms with Crippen LogP contribution in [-0.4, -0.2) is 33.8 Å². The molecule has 144 valence electrons. The zero-order valence-corrected chi connectivity index (χ0v) is 16.4. The van der Waals surface area contributed by atoms with Crippen LogP contribution in [0, 0.1) is 0 Å². The van der Waals surface area contributed by atoms with Crippen LogP contribution in [0.25, 0.3) is 10.9 Å². The number of esters is 1. The summed E-state index contributed by atoms with van der Waals surface area (Å²) < 4.78 is 6.17. The molecule has 3 rings (SSSR count). The molecule has 7 nitrogen and oxygen atoms in total. The molecule has 0 saturated heterocycles. The maximum Gasteiger partial charge on any atom is 0.339 e. The number of carbonyl (C=O) groups is 2. The zero-order chi connectivity index (χ0) is 20.3. The molecule has 1 aromatic heterocycles. The van der Waals surface area contributed by atoms with E-state index < -0.39 is 11.2 Å². The molecule has 1 atom stereocenters. The van der Waals surface area contributed by atoms with Gasteiger partial charge in [0.2, 0.25) is 5.91 Å². The molecule has 0 spiro atoms. The normalized spacial score (nSPS) is 11.8. The monoisotopic (exact) mass is 397 g/mol. The summed E-state index contributed by atoms with van der Waals surface area (Å²) >= 11 is 1.17. The van der Waals surface area contributed by atoms with Crippen LogP contribution in [0.5, 0.6) is 0 Å². The third kappa shape index (κ3) is 3.91. The predicted molar refractivity (Wildman–Crippen MR) is 109 cm³/mol. The Morgan fingerprint density at radius 1 is 1.14 bits per heavy atom. The summed E-state index contributed by atoms with van der Waals surface area (Å²) in [7, 11) is 2.91. The average molecular weight is 397 g/mol. The van der Waals surface area contributed by atoms with Crippen LogP contribution < -0.4 is 10.9 Å². The summed E-state index contributed by atoms with van der Waals surface area (Å²) in [5.41, 5.74) is 1.05. The number of fused-ring (bicyclic) bond motifs is 1. The van der Waals surface area contributed by atoms with E-state index in [1.54, 1.807) is 56.4 Å². The van der Waals surface area contributed by atoms with Crippen LogP contribution in [-0.2, 0) is 16.6 Å². The van der Waals surface area contributed by atoms with Crippen molar-refractivity contribution in [3.8, 4) is 0 Å². The highest BCUT2D eigenvalue weighted by atomic mass is 32.2. The van der Waals surface area contributed by atoms with E-state index in [0.717, 1.165) is 0 Å². The summed E-state index contributed by atoms with van der Waals surface area (Å²) in [6.45, 7) is 1.71. The van der Waals surface area contributed by atoms with Crippen molar-refractivity contribution in [1.29, 1.82) is 0 Å². The van der Waals surface area contributed by atoms with Gasteiger partial charge in [0.25, 0.3) is 5.56 Å². The standard InChI is InChI=1S/C20H19N3O4S/c1-12(17(24)21-16-11-7-5-9-14(16)19(26)27-3)28-20-22-15-10-6-4-8-13(15)18(25)23(20)2/h4-12H,1-3H3,(H,21,24).